The fourth-order valence-electron chi connectivity index (χ4n) is 4.93. The molecule has 0 unspecified atom stereocenters. The molecule has 2 amide bonds. The van der Waals surface area contributed by atoms with Crippen LogP contribution in [0.1, 0.15) is 71.3 Å². The number of amides is 2. The van der Waals surface area contributed by atoms with Gasteiger partial charge >= 0.3 is 0 Å². The SMILES string of the molecule is CC(=O)Nc1cnc(-c2ccc(C(C)(C)N)cc2)c(-c2ccsc2)c1.CN(C(=O)C1CC1)C1CCCCC1. The van der Waals surface area contributed by atoms with Crippen molar-refractivity contribution in [2.75, 3.05) is 12.4 Å². The van der Waals surface area contributed by atoms with Crippen LogP contribution in [0.2, 0.25) is 0 Å². The van der Waals surface area contributed by atoms with Crippen LogP contribution in [-0.4, -0.2) is 34.8 Å². The molecule has 2 aliphatic rings. The van der Waals surface area contributed by atoms with Gasteiger partial charge in [0.2, 0.25) is 11.8 Å². The normalized spacial score (nSPS) is 15.8. The molecule has 2 aliphatic carbocycles. The van der Waals surface area contributed by atoms with Crippen LogP contribution in [0.25, 0.3) is 22.4 Å². The minimum atomic E-state index is -0.378. The monoisotopic (exact) mass is 532 g/mol. The first kappa shape index (κ1) is 28.0. The minimum Gasteiger partial charge on any atom is -0.343 e. The Kier molecular flexibility index (Phi) is 9.00. The van der Waals surface area contributed by atoms with E-state index in [2.05, 4.69) is 21.7 Å². The zero-order valence-electron chi connectivity index (χ0n) is 23.0. The number of carbonyl (C=O) groups excluding carboxylic acids is 2. The molecule has 5 rings (SSSR count). The fraction of sp³-hybridized carbons (Fsp3) is 0.452. The largest absolute Gasteiger partial charge is 0.343 e. The van der Waals surface area contributed by atoms with E-state index in [9.17, 15) is 9.59 Å². The Labute approximate surface area is 230 Å². The van der Waals surface area contributed by atoms with Crippen molar-refractivity contribution in [1.29, 1.82) is 0 Å². The van der Waals surface area contributed by atoms with Crippen molar-refractivity contribution in [1.82, 2.24) is 9.88 Å². The maximum atomic E-state index is 11.7. The van der Waals surface area contributed by atoms with E-state index in [1.165, 1.54) is 39.0 Å². The van der Waals surface area contributed by atoms with Crippen molar-refractivity contribution in [3.8, 4) is 22.4 Å². The number of carbonyl (C=O) groups is 2. The van der Waals surface area contributed by atoms with Gasteiger partial charge in [0.05, 0.1) is 17.6 Å². The highest BCUT2D eigenvalue weighted by Crippen LogP contribution is 2.35. The van der Waals surface area contributed by atoms with E-state index in [1.54, 1.807) is 17.5 Å². The molecule has 0 spiro atoms. The van der Waals surface area contributed by atoms with Gasteiger partial charge in [-0.2, -0.15) is 11.3 Å². The summed E-state index contributed by atoms with van der Waals surface area (Å²) in [5, 5.41) is 6.91. The van der Waals surface area contributed by atoms with Crippen molar-refractivity contribution in [3.63, 3.8) is 0 Å². The van der Waals surface area contributed by atoms with Crippen LogP contribution in [-0.2, 0) is 15.1 Å². The molecule has 3 aromatic rings. The van der Waals surface area contributed by atoms with Gasteiger partial charge in [0, 0.05) is 42.6 Å². The molecule has 0 radical (unpaired) electrons. The van der Waals surface area contributed by atoms with Crippen molar-refractivity contribution >= 4 is 28.8 Å². The van der Waals surface area contributed by atoms with Crippen LogP contribution < -0.4 is 11.1 Å². The molecule has 2 fully saturated rings. The molecule has 0 atom stereocenters. The Hall–Kier alpha value is -3.03. The van der Waals surface area contributed by atoms with E-state index >= 15 is 0 Å². The zero-order chi connectivity index (χ0) is 27.3. The Morgan fingerprint density at radius 2 is 1.71 bits per heavy atom. The van der Waals surface area contributed by atoms with Crippen LogP contribution in [0.3, 0.4) is 0 Å². The van der Waals surface area contributed by atoms with E-state index < -0.39 is 0 Å². The number of anilines is 1. The third-order valence-corrected chi connectivity index (χ3v) is 8.02. The van der Waals surface area contributed by atoms with Crippen LogP contribution in [0.4, 0.5) is 5.69 Å². The molecule has 38 heavy (non-hydrogen) atoms. The number of thiophene rings is 1. The lowest BCUT2D eigenvalue weighted by atomic mass is 9.93. The van der Waals surface area contributed by atoms with Gasteiger partial charge in [-0.3, -0.25) is 14.6 Å². The number of pyridine rings is 1. The summed E-state index contributed by atoms with van der Waals surface area (Å²) in [6.45, 7) is 5.46. The zero-order valence-corrected chi connectivity index (χ0v) is 23.8. The molecule has 2 saturated carbocycles. The van der Waals surface area contributed by atoms with Crippen LogP contribution in [0.5, 0.6) is 0 Å². The maximum absolute atomic E-state index is 11.7. The molecule has 202 valence electrons. The molecule has 2 aromatic heterocycles. The van der Waals surface area contributed by atoms with Gasteiger partial charge in [-0.05, 0) is 73.6 Å². The molecular weight excluding hydrogens is 492 g/mol. The Bertz CT molecular complexity index is 1220. The number of hydrogen-bond acceptors (Lipinski definition) is 5. The number of rotatable bonds is 6. The van der Waals surface area contributed by atoms with Gasteiger partial charge in [0.1, 0.15) is 0 Å². The van der Waals surface area contributed by atoms with Crippen molar-refractivity contribution in [2.45, 2.75) is 77.3 Å². The van der Waals surface area contributed by atoms with Gasteiger partial charge in [-0.25, -0.2) is 0 Å². The van der Waals surface area contributed by atoms with Gasteiger partial charge < -0.3 is 16.0 Å². The predicted octanol–water partition coefficient (Wildman–Crippen LogP) is 6.82. The molecule has 7 heteroatoms. The summed E-state index contributed by atoms with van der Waals surface area (Å²) < 4.78 is 0. The number of benzene rings is 1. The quantitative estimate of drug-likeness (QED) is 0.365. The highest BCUT2D eigenvalue weighted by Gasteiger charge is 2.34. The second kappa shape index (κ2) is 12.2. The van der Waals surface area contributed by atoms with E-state index in [1.807, 2.05) is 61.5 Å². The molecule has 0 aliphatic heterocycles. The van der Waals surface area contributed by atoms with Crippen molar-refractivity contribution in [3.05, 3.63) is 58.9 Å². The lowest BCUT2D eigenvalue weighted by Gasteiger charge is -2.31. The van der Waals surface area contributed by atoms with Gasteiger partial charge in [0.25, 0.3) is 0 Å². The third kappa shape index (κ3) is 7.29. The topological polar surface area (TPSA) is 88.3 Å². The molecule has 0 bridgehead atoms. The third-order valence-electron chi connectivity index (χ3n) is 7.34. The molecule has 0 saturated heterocycles. The Balaban J connectivity index is 0.000000216. The number of hydrogen-bond donors (Lipinski definition) is 2. The summed E-state index contributed by atoms with van der Waals surface area (Å²) in [6, 6.07) is 12.7. The van der Waals surface area contributed by atoms with E-state index in [0.29, 0.717) is 23.6 Å². The predicted molar refractivity (Wildman–Crippen MR) is 157 cm³/mol. The first-order valence-electron chi connectivity index (χ1n) is 13.6. The number of aromatic nitrogens is 1. The molecule has 1 aromatic carbocycles. The Morgan fingerprint density at radius 3 is 2.26 bits per heavy atom. The van der Waals surface area contributed by atoms with E-state index in [-0.39, 0.29) is 11.4 Å². The lowest BCUT2D eigenvalue weighted by molar-refractivity contribution is -0.133. The van der Waals surface area contributed by atoms with Crippen LogP contribution in [0, 0.1) is 5.92 Å². The van der Waals surface area contributed by atoms with Crippen LogP contribution >= 0.6 is 11.3 Å². The first-order valence-corrected chi connectivity index (χ1v) is 14.5. The molecule has 3 N–H and O–H groups in total. The highest BCUT2D eigenvalue weighted by molar-refractivity contribution is 7.08. The molecule has 2 heterocycles. The average Bonchev–Trinajstić information content (AvgIpc) is 3.61. The summed E-state index contributed by atoms with van der Waals surface area (Å²) in [7, 11) is 2.00. The smallest absolute Gasteiger partial charge is 0.225 e. The summed E-state index contributed by atoms with van der Waals surface area (Å²) in [5.41, 5.74) is 11.5. The van der Waals surface area contributed by atoms with Gasteiger partial charge in [-0.1, -0.05) is 43.5 Å². The van der Waals surface area contributed by atoms with Crippen molar-refractivity contribution < 1.29 is 9.59 Å². The summed E-state index contributed by atoms with van der Waals surface area (Å²) in [5.74, 6) is 0.694. The molecule has 6 nitrogen and oxygen atoms in total. The fourth-order valence-corrected chi connectivity index (χ4v) is 5.58. The van der Waals surface area contributed by atoms with Gasteiger partial charge in [0.15, 0.2) is 0 Å². The number of nitrogens with zero attached hydrogens (tertiary/aromatic N) is 2. The molecular formula is C31H40N4O2S. The first-order chi connectivity index (χ1) is 18.1. The van der Waals surface area contributed by atoms with Gasteiger partial charge in [-0.15, -0.1) is 0 Å². The lowest BCUT2D eigenvalue weighted by Crippen LogP contribution is -2.39. The number of nitrogens with two attached hydrogens (primary N) is 1. The number of nitrogens with one attached hydrogen (secondary N) is 1. The summed E-state index contributed by atoms with van der Waals surface area (Å²) >= 11 is 1.63. The summed E-state index contributed by atoms with van der Waals surface area (Å²) in [4.78, 5) is 29.7. The Morgan fingerprint density at radius 1 is 1.03 bits per heavy atom. The second-order valence-electron chi connectivity index (χ2n) is 11.1. The highest BCUT2D eigenvalue weighted by atomic mass is 32.1. The van der Waals surface area contributed by atoms with E-state index in [4.69, 9.17) is 5.73 Å². The average molecular weight is 533 g/mol. The minimum absolute atomic E-state index is 0.111. The summed E-state index contributed by atoms with van der Waals surface area (Å²) in [6.07, 6.45) is 10.4. The standard InChI is InChI=1S/C20H21N3OS.C11H19NO/c1-13(24)23-17-10-18(15-8-9-25-12-15)19(22-11-17)14-4-6-16(7-5-14)20(2,3)21;1-12(11(13)9-7-8-9)10-5-3-2-4-6-10/h4-12H,21H2,1-3H3,(H,23,24);9-10H,2-8H2,1H3. The maximum Gasteiger partial charge on any atom is 0.225 e. The van der Waals surface area contributed by atoms with Crippen molar-refractivity contribution in [2.24, 2.45) is 11.7 Å². The second-order valence-corrected chi connectivity index (χ2v) is 11.9. The van der Waals surface area contributed by atoms with E-state index in [0.717, 1.165) is 40.8 Å². The van der Waals surface area contributed by atoms with Crippen LogP contribution in [0.15, 0.2) is 53.4 Å².